The molecule has 2 N–H and O–H groups in total. The Labute approximate surface area is 135 Å². The zero-order valence-corrected chi connectivity index (χ0v) is 13.6. The largest absolute Gasteiger partial charge is 0.456 e. The Morgan fingerprint density at radius 1 is 1.13 bits per heavy atom. The lowest BCUT2D eigenvalue weighted by Crippen LogP contribution is -2.32. The normalized spacial score (nSPS) is 11.0. The van der Waals surface area contributed by atoms with Crippen LogP contribution >= 0.6 is 0 Å². The second-order valence-electron chi connectivity index (χ2n) is 4.46. The van der Waals surface area contributed by atoms with Crippen LogP contribution in [0, 0.1) is 0 Å². The smallest absolute Gasteiger partial charge is 0.307 e. The van der Waals surface area contributed by atoms with E-state index in [4.69, 9.17) is 9.47 Å². The molecule has 0 saturated carbocycles. The fourth-order valence-electron chi connectivity index (χ4n) is 1.53. The molecule has 0 fully saturated rings. The molecule has 0 spiro atoms. The molecule has 1 amide bonds. The molecule has 1 aromatic carbocycles. The number of benzene rings is 1. The van der Waals surface area contributed by atoms with Gasteiger partial charge in [-0.3, -0.25) is 9.59 Å². The van der Waals surface area contributed by atoms with E-state index in [2.05, 4.69) is 10.0 Å². The van der Waals surface area contributed by atoms with Crippen molar-refractivity contribution in [1.82, 2.24) is 10.0 Å². The molecule has 128 valence electrons. The van der Waals surface area contributed by atoms with E-state index in [1.54, 1.807) is 18.2 Å². The molecule has 8 nitrogen and oxygen atoms in total. The van der Waals surface area contributed by atoms with E-state index in [1.165, 1.54) is 19.2 Å². The molecule has 0 atom stereocenters. The molecule has 0 unspecified atom stereocenters. The molecular formula is C14H20N2O6S. The zero-order chi connectivity index (χ0) is 17.1. The first-order chi connectivity index (χ1) is 11.0. The number of nitrogens with one attached hydrogen (secondary N) is 2. The molecular weight excluding hydrogens is 324 g/mol. The van der Waals surface area contributed by atoms with Crippen LogP contribution in [0.15, 0.2) is 35.2 Å². The number of carbonyl (C=O) groups excluding carboxylic acids is 2. The predicted molar refractivity (Wildman–Crippen MR) is 82.1 cm³/mol. The van der Waals surface area contributed by atoms with Crippen molar-refractivity contribution in [1.29, 1.82) is 0 Å². The van der Waals surface area contributed by atoms with Crippen molar-refractivity contribution < 1.29 is 27.5 Å². The fraction of sp³-hybridized carbons (Fsp3) is 0.429. The van der Waals surface area contributed by atoms with Crippen LogP contribution in [0.25, 0.3) is 0 Å². The molecule has 23 heavy (non-hydrogen) atoms. The first-order valence-electron chi connectivity index (χ1n) is 6.91. The fourth-order valence-corrected chi connectivity index (χ4v) is 2.59. The number of carbonyl (C=O) groups is 2. The van der Waals surface area contributed by atoms with E-state index < -0.39 is 28.5 Å². The molecule has 0 aliphatic heterocycles. The topological polar surface area (TPSA) is 111 Å². The van der Waals surface area contributed by atoms with Crippen molar-refractivity contribution in [3.05, 3.63) is 30.3 Å². The summed E-state index contributed by atoms with van der Waals surface area (Å²) in [5.41, 5.74) is 0. The van der Waals surface area contributed by atoms with Gasteiger partial charge in [-0.15, -0.1) is 0 Å². The number of rotatable bonds is 10. The number of hydrogen-bond donors (Lipinski definition) is 2. The van der Waals surface area contributed by atoms with Gasteiger partial charge in [0.1, 0.15) is 0 Å². The Morgan fingerprint density at radius 2 is 1.83 bits per heavy atom. The number of esters is 1. The lowest BCUT2D eigenvalue weighted by molar-refractivity contribution is -0.148. The van der Waals surface area contributed by atoms with E-state index in [-0.39, 0.29) is 17.9 Å². The van der Waals surface area contributed by atoms with Crippen LogP contribution < -0.4 is 10.0 Å². The maximum atomic E-state index is 11.9. The van der Waals surface area contributed by atoms with E-state index in [0.717, 1.165) is 0 Å². The number of ether oxygens (including phenoxy) is 2. The average molecular weight is 344 g/mol. The van der Waals surface area contributed by atoms with E-state index >= 15 is 0 Å². The van der Waals surface area contributed by atoms with Crippen LogP contribution in [-0.2, 0) is 29.1 Å². The van der Waals surface area contributed by atoms with Gasteiger partial charge >= 0.3 is 5.97 Å². The first kappa shape index (κ1) is 19.1. The highest BCUT2D eigenvalue weighted by Gasteiger charge is 2.14. The Kier molecular flexibility index (Phi) is 8.23. The summed E-state index contributed by atoms with van der Waals surface area (Å²) in [4.78, 5) is 22.8. The van der Waals surface area contributed by atoms with Crippen molar-refractivity contribution in [2.45, 2.75) is 11.3 Å². The molecule has 0 aliphatic rings. The minimum Gasteiger partial charge on any atom is -0.456 e. The van der Waals surface area contributed by atoms with Gasteiger partial charge in [-0.05, 0) is 12.1 Å². The van der Waals surface area contributed by atoms with E-state index in [0.29, 0.717) is 13.2 Å². The molecule has 0 radical (unpaired) electrons. The lowest BCUT2D eigenvalue weighted by atomic mass is 10.4. The number of methoxy groups -OCH3 is 1. The summed E-state index contributed by atoms with van der Waals surface area (Å²) in [6.45, 7) is 0.167. The first-order valence-corrected chi connectivity index (χ1v) is 8.40. The zero-order valence-electron chi connectivity index (χ0n) is 12.8. The highest BCUT2D eigenvalue weighted by molar-refractivity contribution is 7.89. The highest BCUT2D eigenvalue weighted by atomic mass is 32.2. The summed E-state index contributed by atoms with van der Waals surface area (Å²) in [5.74, 6) is -1.11. The van der Waals surface area contributed by atoms with Gasteiger partial charge in [0.25, 0.3) is 5.91 Å². The van der Waals surface area contributed by atoms with E-state index in [9.17, 15) is 18.0 Å². The number of hydrogen-bond acceptors (Lipinski definition) is 6. The second-order valence-corrected chi connectivity index (χ2v) is 6.23. The summed E-state index contributed by atoms with van der Waals surface area (Å²) >= 11 is 0. The van der Waals surface area contributed by atoms with Crippen LogP contribution in [0.1, 0.15) is 6.42 Å². The quantitative estimate of drug-likeness (QED) is 0.444. The third-order valence-corrected chi connectivity index (χ3v) is 4.14. The van der Waals surface area contributed by atoms with Gasteiger partial charge in [-0.1, -0.05) is 18.2 Å². The van der Waals surface area contributed by atoms with E-state index in [1.807, 2.05) is 0 Å². The molecule has 0 heterocycles. The van der Waals surface area contributed by atoms with Crippen molar-refractivity contribution in [3.63, 3.8) is 0 Å². The molecule has 9 heteroatoms. The van der Waals surface area contributed by atoms with Gasteiger partial charge in [0.15, 0.2) is 6.61 Å². The Hall–Kier alpha value is -1.97. The maximum Gasteiger partial charge on any atom is 0.307 e. The van der Waals surface area contributed by atoms with Gasteiger partial charge < -0.3 is 14.8 Å². The highest BCUT2D eigenvalue weighted by Crippen LogP contribution is 2.06. The SMILES string of the molecule is COCCNC(=O)COC(=O)CCNS(=O)(=O)c1ccccc1. The maximum absolute atomic E-state index is 11.9. The average Bonchev–Trinajstić information content (AvgIpc) is 2.54. The monoisotopic (exact) mass is 344 g/mol. The summed E-state index contributed by atoms with van der Waals surface area (Å²) in [6.07, 6.45) is -0.169. The van der Waals surface area contributed by atoms with Crippen LogP contribution in [0.2, 0.25) is 0 Å². The molecule has 0 aromatic heterocycles. The lowest BCUT2D eigenvalue weighted by Gasteiger charge is -2.07. The summed E-state index contributed by atoms with van der Waals surface area (Å²) < 4.78 is 35.5. The van der Waals surface area contributed by atoms with Gasteiger partial charge in [0, 0.05) is 20.2 Å². The van der Waals surface area contributed by atoms with Crippen LogP contribution in [0.4, 0.5) is 0 Å². The second kappa shape index (κ2) is 9.93. The van der Waals surface area contributed by atoms with Crippen LogP contribution in [-0.4, -0.2) is 53.7 Å². The molecule has 1 rings (SSSR count). The standard InChI is InChI=1S/C14H20N2O6S/c1-21-10-9-15-13(17)11-22-14(18)7-8-16-23(19,20)12-5-3-2-4-6-12/h2-6,16H,7-11H2,1H3,(H,15,17). The van der Waals surface area contributed by atoms with Gasteiger partial charge in [-0.2, -0.15) is 0 Å². The predicted octanol–water partition coefficient (Wildman–Crippen LogP) is -0.339. The van der Waals surface area contributed by atoms with Gasteiger partial charge in [0.05, 0.1) is 17.9 Å². The van der Waals surface area contributed by atoms with Crippen LogP contribution in [0.5, 0.6) is 0 Å². The summed E-state index contributed by atoms with van der Waals surface area (Å²) in [6, 6.07) is 7.81. The number of sulfonamides is 1. The molecule has 0 aliphatic carbocycles. The molecule has 0 saturated heterocycles. The van der Waals surface area contributed by atoms with Crippen molar-refractivity contribution in [3.8, 4) is 0 Å². The van der Waals surface area contributed by atoms with Gasteiger partial charge in [0.2, 0.25) is 10.0 Å². The van der Waals surface area contributed by atoms with Crippen molar-refractivity contribution in [2.75, 3.05) is 33.4 Å². The minimum absolute atomic E-state index is 0.110. The Balaban J connectivity index is 2.25. The Morgan fingerprint density at radius 3 is 2.48 bits per heavy atom. The summed E-state index contributed by atoms with van der Waals surface area (Å²) in [5, 5.41) is 2.49. The molecule has 0 bridgehead atoms. The van der Waals surface area contributed by atoms with Crippen molar-refractivity contribution >= 4 is 21.9 Å². The minimum atomic E-state index is -3.65. The molecule has 1 aromatic rings. The third-order valence-electron chi connectivity index (χ3n) is 2.67. The Bertz CT molecular complexity index is 603. The third kappa shape index (κ3) is 7.73. The van der Waals surface area contributed by atoms with Gasteiger partial charge in [-0.25, -0.2) is 13.1 Å². The van der Waals surface area contributed by atoms with Crippen LogP contribution in [0.3, 0.4) is 0 Å². The number of amides is 1. The van der Waals surface area contributed by atoms with Crippen molar-refractivity contribution in [2.24, 2.45) is 0 Å². The summed E-state index contributed by atoms with van der Waals surface area (Å²) in [7, 11) is -2.15.